The third-order valence-corrected chi connectivity index (χ3v) is 7.01. The first kappa shape index (κ1) is 24.3. The van der Waals surface area contributed by atoms with Crippen LogP contribution in [-0.4, -0.2) is 36.4 Å². The molecule has 6 heteroatoms. The van der Waals surface area contributed by atoms with E-state index >= 15 is 0 Å². The third-order valence-electron chi connectivity index (χ3n) is 7.01. The summed E-state index contributed by atoms with van der Waals surface area (Å²) in [6.45, 7) is 15.3. The average molecular weight is 429 g/mol. The fraction of sp³-hybridized carbons (Fsp3) is 0.720. The minimum Gasteiger partial charge on any atom is -0.461 e. The number of carbonyl (C=O) groups is 1. The Kier molecular flexibility index (Phi) is 7.55. The summed E-state index contributed by atoms with van der Waals surface area (Å²) < 4.78 is 18.1. The van der Waals surface area contributed by atoms with Crippen LogP contribution in [0.15, 0.2) is 18.2 Å². The molecule has 5 nitrogen and oxygen atoms in total. The standard InChI is InChI=1S/C25H40BNO4/c1-17(2)14-22(23(28)29-21-10-8-9-11-21)27-16-19-12-13-20(15-18(19)3)26-30-24(4,5)25(6,7)31-26/h12-13,15,17,21-22,27H,8-11,14,16H2,1-7H3/t22-/m0/s1. The zero-order chi connectivity index (χ0) is 22.8. The number of benzene rings is 1. The van der Waals surface area contributed by atoms with Gasteiger partial charge in [0, 0.05) is 6.54 Å². The van der Waals surface area contributed by atoms with Gasteiger partial charge in [-0.2, -0.15) is 0 Å². The largest absolute Gasteiger partial charge is 0.494 e. The van der Waals surface area contributed by atoms with Crippen LogP contribution in [0.5, 0.6) is 0 Å². The molecule has 2 aliphatic rings. The predicted molar refractivity (Wildman–Crippen MR) is 125 cm³/mol. The van der Waals surface area contributed by atoms with E-state index in [0.717, 1.165) is 43.1 Å². The second kappa shape index (κ2) is 9.64. The lowest BCUT2D eigenvalue weighted by Gasteiger charge is -2.32. The Morgan fingerprint density at radius 3 is 2.32 bits per heavy atom. The molecule has 31 heavy (non-hydrogen) atoms. The summed E-state index contributed by atoms with van der Waals surface area (Å²) >= 11 is 0. The van der Waals surface area contributed by atoms with Gasteiger partial charge in [0.1, 0.15) is 12.1 Å². The molecule has 1 aliphatic carbocycles. The summed E-state index contributed by atoms with van der Waals surface area (Å²) in [7, 11) is -0.360. The maximum atomic E-state index is 12.8. The van der Waals surface area contributed by atoms with Gasteiger partial charge in [0.25, 0.3) is 0 Å². The van der Waals surface area contributed by atoms with Crippen LogP contribution in [0, 0.1) is 12.8 Å². The van der Waals surface area contributed by atoms with Crippen molar-refractivity contribution in [3.8, 4) is 0 Å². The van der Waals surface area contributed by atoms with Gasteiger partial charge < -0.3 is 19.4 Å². The highest BCUT2D eigenvalue weighted by atomic mass is 16.7. The number of carbonyl (C=O) groups excluding carboxylic acids is 1. The second-order valence-electron chi connectivity index (χ2n) is 10.7. The maximum absolute atomic E-state index is 12.8. The number of esters is 1. The molecule has 1 aromatic carbocycles. The monoisotopic (exact) mass is 429 g/mol. The molecule has 0 amide bonds. The summed E-state index contributed by atoms with van der Waals surface area (Å²) in [5.74, 6) is 0.313. The van der Waals surface area contributed by atoms with Crippen molar-refractivity contribution in [1.29, 1.82) is 0 Å². The first-order valence-corrected chi connectivity index (χ1v) is 11.9. The Hall–Kier alpha value is -1.37. The number of hydrogen-bond donors (Lipinski definition) is 1. The van der Waals surface area contributed by atoms with Crippen LogP contribution in [-0.2, 0) is 25.4 Å². The average Bonchev–Trinajstić information content (AvgIpc) is 3.24. The van der Waals surface area contributed by atoms with E-state index in [1.54, 1.807) is 0 Å². The SMILES string of the molecule is Cc1cc(B2OC(C)(C)C(C)(C)O2)ccc1CN[C@@H](CC(C)C)C(=O)OC1CCCC1. The highest BCUT2D eigenvalue weighted by molar-refractivity contribution is 6.62. The predicted octanol–water partition coefficient (Wildman–Crippen LogP) is 4.28. The zero-order valence-corrected chi connectivity index (χ0v) is 20.4. The van der Waals surface area contributed by atoms with Crippen molar-refractivity contribution in [2.45, 2.75) is 110 Å². The van der Waals surface area contributed by atoms with Crippen LogP contribution in [0.1, 0.15) is 84.8 Å². The number of ether oxygens (including phenoxy) is 1. The molecule has 3 rings (SSSR count). The lowest BCUT2D eigenvalue weighted by Crippen LogP contribution is -2.41. The topological polar surface area (TPSA) is 56.8 Å². The lowest BCUT2D eigenvalue weighted by atomic mass is 9.78. The molecule has 0 spiro atoms. The minimum atomic E-state index is -0.360. The molecule has 1 N–H and O–H groups in total. The van der Waals surface area contributed by atoms with Crippen LogP contribution in [0.25, 0.3) is 0 Å². The number of aryl methyl sites for hydroxylation is 1. The van der Waals surface area contributed by atoms with Gasteiger partial charge in [-0.1, -0.05) is 32.0 Å². The van der Waals surface area contributed by atoms with E-state index in [9.17, 15) is 4.79 Å². The Morgan fingerprint density at radius 1 is 1.16 bits per heavy atom. The molecule has 0 aromatic heterocycles. The van der Waals surface area contributed by atoms with Crippen LogP contribution in [0.3, 0.4) is 0 Å². The van der Waals surface area contributed by atoms with Gasteiger partial charge >= 0.3 is 13.1 Å². The van der Waals surface area contributed by atoms with Crippen molar-refractivity contribution in [2.75, 3.05) is 0 Å². The van der Waals surface area contributed by atoms with Crippen LogP contribution in [0.4, 0.5) is 0 Å². The van der Waals surface area contributed by atoms with E-state index in [0.29, 0.717) is 12.5 Å². The lowest BCUT2D eigenvalue weighted by molar-refractivity contribution is -0.151. The molecule has 0 radical (unpaired) electrons. The first-order valence-electron chi connectivity index (χ1n) is 11.9. The Labute approximate surface area is 188 Å². The Balaban J connectivity index is 1.63. The first-order chi connectivity index (χ1) is 14.5. The van der Waals surface area contributed by atoms with Crippen molar-refractivity contribution in [2.24, 2.45) is 5.92 Å². The van der Waals surface area contributed by atoms with E-state index in [4.69, 9.17) is 14.0 Å². The summed E-state index contributed by atoms with van der Waals surface area (Å²) in [4.78, 5) is 12.8. The van der Waals surface area contributed by atoms with Crippen molar-refractivity contribution in [1.82, 2.24) is 5.32 Å². The molecule has 1 saturated carbocycles. The van der Waals surface area contributed by atoms with Crippen LogP contribution >= 0.6 is 0 Å². The molecule has 1 saturated heterocycles. The normalized spacial score (nSPS) is 21.6. The molecule has 0 unspecified atom stereocenters. The summed E-state index contributed by atoms with van der Waals surface area (Å²) in [5.41, 5.74) is 2.65. The molecule has 1 aliphatic heterocycles. The highest BCUT2D eigenvalue weighted by Gasteiger charge is 2.51. The molecular formula is C25H40BNO4. The van der Waals surface area contributed by atoms with Crippen molar-refractivity contribution >= 4 is 18.6 Å². The summed E-state index contributed by atoms with van der Waals surface area (Å²) in [6.07, 6.45) is 5.20. The molecular weight excluding hydrogens is 389 g/mol. The van der Waals surface area contributed by atoms with E-state index in [2.05, 4.69) is 72.0 Å². The van der Waals surface area contributed by atoms with E-state index in [1.807, 2.05) is 0 Å². The quantitative estimate of drug-likeness (QED) is 0.494. The van der Waals surface area contributed by atoms with Crippen molar-refractivity contribution in [3.63, 3.8) is 0 Å². The molecule has 0 bridgehead atoms. The third kappa shape index (κ3) is 5.91. The highest BCUT2D eigenvalue weighted by Crippen LogP contribution is 2.36. The molecule has 172 valence electrons. The van der Waals surface area contributed by atoms with Crippen LogP contribution in [0.2, 0.25) is 0 Å². The second-order valence-corrected chi connectivity index (χ2v) is 10.7. The summed E-state index contributed by atoms with van der Waals surface area (Å²) in [5, 5.41) is 3.46. The number of nitrogens with one attached hydrogen (secondary N) is 1. The van der Waals surface area contributed by atoms with Gasteiger partial charge in [-0.25, -0.2) is 0 Å². The Morgan fingerprint density at radius 2 is 1.77 bits per heavy atom. The molecule has 1 aromatic rings. The minimum absolute atomic E-state index is 0.102. The molecule has 2 fully saturated rings. The van der Waals surface area contributed by atoms with Crippen molar-refractivity contribution in [3.05, 3.63) is 29.3 Å². The van der Waals surface area contributed by atoms with Gasteiger partial charge in [-0.15, -0.1) is 0 Å². The molecule has 1 atom stereocenters. The van der Waals surface area contributed by atoms with E-state index in [1.165, 1.54) is 5.56 Å². The fourth-order valence-electron chi connectivity index (χ4n) is 4.26. The van der Waals surface area contributed by atoms with Crippen molar-refractivity contribution < 1.29 is 18.8 Å². The smallest absolute Gasteiger partial charge is 0.461 e. The number of rotatable bonds is 8. The van der Waals surface area contributed by atoms with Gasteiger partial charge in [-0.05, 0) is 89.2 Å². The molecule has 1 heterocycles. The Bertz CT molecular complexity index is 755. The van der Waals surface area contributed by atoms with Gasteiger partial charge in [0.2, 0.25) is 0 Å². The van der Waals surface area contributed by atoms with Gasteiger partial charge in [-0.3, -0.25) is 4.79 Å². The van der Waals surface area contributed by atoms with Gasteiger partial charge in [0.15, 0.2) is 0 Å². The number of hydrogen-bond acceptors (Lipinski definition) is 5. The van der Waals surface area contributed by atoms with Gasteiger partial charge in [0.05, 0.1) is 11.2 Å². The summed E-state index contributed by atoms with van der Waals surface area (Å²) in [6, 6.07) is 6.04. The zero-order valence-electron chi connectivity index (χ0n) is 20.4. The maximum Gasteiger partial charge on any atom is 0.494 e. The fourth-order valence-corrected chi connectivity index (χ4v) is 4.26. The van der Waals surface area contributed by atoms with E-state index in [-0.39, 0.29) is 36.4 Å². The van der Waals surface area contributed by atoms with Crippen LogP contribution < -0.4 is 10.8 Å². The van der Waals surface area contributed by atoms with E-state index < -0.39 is 0 Å².